The van der Waals surface area contributed by atoms with Crippen LogP contribution in [0.5, 0.6) is 5.75 Å². The standard InChI is InChI=1S/C22H21Cl2NO5/c1-12-10-14(30-3)5-6-15(12)20(26)18-19(13-4-7-16(23)17(24)11-13)25(8-9-29-2)22(28)21(18)27/h4-7,10-11,19,26H,8-9H2,1-3H3. The number of carbonyl (C=O) groups is 2. The van der Waals surface area contributed by atoms with Crippen LogP contribution in [0.25, 0.3) is 5.76 Å². The Hall–Kier alpha value is -2.54. The van der Waals surface area contributed by atoms with E-state index in [4.69, 9.17) is 32.7 Å². The fraction of sp³-hybridized carbons (Fsp3) is 0.273. The number of carbonyl (C=O) groups excluding carboxylic acids is 2. The van der Waals surface area contributed by atoms with E-state index in [0.29, 0.717) is 27.5 Å². The van der Waals surface area contributed by atoms with Crippen LogP contribution in [0.4, 0.5) is 0 Å². The maximum atomic E-state index is 12.9. The summed E-state index contributed by atoms with van der Waals surface area (Å²) in [5.74, 6) is -1.12. The number of aryl methyl sites for hydroxylation is 1. The van der Waals surface area contributed by atoms with Crippen molar-refractivity contribution in [3.8, 4) is 5.75 Å². The number of methoxy groups -OCH3 is 2. The summed E-state index contributed by atoms with van der Waals surface area (Å²) >= 11 is 12.2. The first-order chi connectivity index (χ1) is 14.3. The molecule has 0 aliphatic carbocycles. The van der Waals surface area contributed by atoms with Gasteiger partial charge in [0.15, 0.2) is 0 Å². The third kappa shape index (κ3) is 4.03. The molecule has 6 nitrogen and oxygen atoms in total. The maximum absolute atomic E-state index is 12.9. The van der Waals surface area contributed by atoms with Crippen LogP contribution >= 0.6 is 23.2 Å². The molecule has 8 heteroatoms. The van der Waals surface area contributed by atoms with Gasteiger partial charge in [0.05, 0.1) is 35.4 Å². The molecule has 0 saturated carbocycles. The first-order valence-corrected chi connectivity index (χ1v) is 9.93. The molecular weight excluding hydrogens is 429 g/mol. The summed E-state index contributed by atoms with van der Waals surface area (Å²) in [7, 11) is 3.05. The molecule has 158 valence electrons. The Morgan fingerprint density at radius 1 is 1.10 bits per heavy atom. The number of aliphatic hydroxyl groups is 1. The fourth-order valence-corrected chi connectivity index (χ4v) is 3.81. The molecular formula is C22H21Cl2NO5. The highest BCUT2D eigenvalue weighted by molar-refractivity contribution is 6.47. The zero-order chi connectivity index (χ0) is 22.0. The van der Waals surface area contributed by atoms with Crippen molar-refractivity contribution < 1.29 is 24.2 Å². The Morgan fingerprint density at radius 2 is 1.83 bits per heavy atom. The van der Waals surface area contributed by atoms with Crippen molar-refractivity contribution in [2.45, 2.75) is 13.0 Å². The molecule has 0 spiro atoms. The number of amides is 1. The summed E-state index contributed by atoms with van der Waals surface area (Å²) in [6, 6.07) is 9.11. The minimum Gasteiger partial charge on any atom is -0.507 e. The zero-order valence-corrected chi connectivity index (χ0v) is 18.3. The average molecular weight is 450 g/mol. The van der Waals surface area contributed by atoms with E-state index in [1.807, 2.05) is 0 Å². The lowest BCUT2D eigenvalue weighted by Crippen LogP contribution is -2.32. The van der Waals surface area contributed by atoms with Gasteiger partial charge in [-0.3, -0.25) is 9.59 Å². The Bertz CT molecular complexity index is 1030. The topological polar surface area (TPSA) is 76.1 Å². The summed E-state index contributed by atoms with van der Waals surface area (Å²) in [5.41, 5.74) is 1.68. The highest BCUT2D eigenvalue weighted by Crippen LogP contribution is 2.41. The molecule has 30 heavy (non-hydrogen) atoms. The fourth-order valence-electron chi connectivity index (χ4n) is 3.50. The Morgan fingerprint density at radius 3 is 2.43 bits per heavy atom. The van der Waals surface area contributed by atoms with E-state index in [9.17, 15) is 14.7 Å². The molecule has 1 aliphatic heterocycles. The van der Waals surface area contributed by atoms with E-state index in [2.05, 4.69) is 0 Å². The van der Waals surface area contributed by atoms with Crippen LogP contribution in [0.15, 0.2) is 42.0 Å². The molecule has 0 bridgehead atoms. The SMILES string of the molecule is COCCN1C(=O)C(=O)C(=C(O)c2ccc(OC)cc2C)C1c1ccc(Cl)c(Cl)c1. The molecule has 3 rings (SSSR count). The van der Waals surface area contributed by atoms with Gasteiger partial charge in [0.1, 0.15) is 11.5 Å². The van der Waals surface area contributed by atoms with Gasteiger partial charge < -0.3 is 19.5 Å². The largest absolute Gasteiger partial charge is 0.507 e. The van der Waals surface area contributed by atoms with Crippen molar-refractivity contribution in [3.05, 3.63) is 68.7 Å². The molecule has 0 radical (unpaired) electrons. The van der Waals surface area contributed by atoms with Crippen molar-refractivity contribution in [1.82, 2.24) is 4.90 Å². The maximum Gasteiger partial charge on any atom is 0.295 e. The van der Waals surface area contributed by atoms with Crippen molar-refractivity contribution in [2.24, 2.45) is 0 Å². The van der Waals surface area contributed by atoms with E-state index < -0.39 is 17.7 Å². The lowest BCUT2D eigenvalue weighted by molar-refractivity contribution is -0.140. The summed E-state index contributed by atoms with van der Waals surface area (Å²) in [5, 5.41) is 11.7. The molecule has 1 aliphatic rings. The lowest BCUT2D eigenvalue weighted by atomic mass is 9.94. The minimum atomic E-state index is -0.823. The van der Waals surface area contributed by atoms with E-state index in [1.54, 1.807) is 50.4 Å². The van der Waals surface area contributed by atoms with Gasteiger partial charge in [0.2, 0.25) is 0 Å². The van der Waals surface area contributed by atoms with Crippen LogP contribution < -0.4 is 4.74 Å². The number of ketones is 1. The van der Waals surface area contributed by atoms with Gasteiger partial charge in [-0.1, -0.05) is 29.3 Å². The Kier molecular flexibility index (Phi) is 6.71. The van der Waals surface area contributed by atoms with Crippen molar-refractivity contribution in [1.29, 1.82) is 0 Å². The van der Waals surface area contributed by atoms with Crippen LogP contribution in [0.1, 0.15) is 22.7 Å². The van der Waals surface area contributed by atoms with E-state index in [-0.39, 0.29) is 29.5 Å². The molecule has 0 aromatic heterocycles. The van der Waals surface area contributed by atoms with Gasteiger partial charge in [-0.25, -0.2) is 0 Å². The van der Waals surface area contributed by atoms with Gasteiger partial charge in [-0.05, 0) is 48.4 Å². The van der Waals surface area contributed by atoms with E-state index >= 15 is 0 Å². The number of halogens is 2. The third-order valence-electron chi connectivity index (χ3n) is 5.02. The number of aliphatic hydroxyl groups excluding tert-OH is 1. The van der Waals surface area contributed by atoms with Gasteiger partial charge >= 0.3 is 0 Å². The van der Waals surface area contributed by atoms with E-state index in [1.165, 1.54) is 12.0 Å². The zero-order valence-electron chi connectivity index (χ0n) is 16.7. The number of rotatable bonds is 6. The van der Waals surface area contributed by atoms with Crippen molar-refractivity contribution >= 4 is 40.7 Å². The highest BCUT2D eigenvalue weighted by Gasteiger charge is 2.46. The van der Waals surface area contributed by atoms with Crippen LogP contribution in [0, 0.1) is 6.92 Å². The molecule has 2 aromatic rings. The molecule has 1 fully saturated rings. The van der Waals surface area contributed by atoms with Crippen LogP contribution in [-0.2, 0) is 14.3 Å². The summed E-state index contributed by atoms with van der Waals surface area (Å²) in [4.78, 5) is 27.1. The first kappa shape index (κ1) is 22.2. The second-order valence-corrected chi connectivity index (χ2v) is 7.65. The van der Waals surface area contributed by atoms with Gasteiger partial charge in [-0.2, -0.15) is 0 Å². The molecule has 1 heterocycles. The highest BCUT2D eigenvalue weighted by atomic mass is 35.5. The molecule has 1 saturated heterocycles. The quantitative estimate of drug-likeness (QED) is 0.402. The molecule has 1 unspecified atom stereocenters. The summed E-state index contributed by atoms with van der Waals surface area (Å²) < 4.78 is 10.3. The number of hydrogen-bond donors (Lipinski definition) is 1. The molecule has 2 aromatic carbocycles. The van der Waals surface area contributed by atoms with Crippen LogP contribution in [-0.4, -0.2) is 49.1 Å². The second kappa shape index (κ2) is 9.08. The average Bonchev–Trinajstić information content (AvgIpc) is 2.98. The lowest BCUT2D eigenvalue weighted by Gasteiger charge is -2.25. The normalized spacial score (nSPS) is 18.2. The second-order valence-electron chi connectivity index (χ2n) is 6.84. The van der Waals surface area contributed by atoms with E-state index in [0.717, 1.165) is 0 Å². The Balaban J connectivity index is 2.20. The summed E-state index contributed by atoms with van der Waals surface area (Å²) in [6.45, 7) is 2.18. The minimum absolute atomic E-state index is 0.0113. The van der Waals surface area contributed by atoms with Gasteiger partial charge in [-0.15, -0.1) is 0 Å². The van der Waals surface area contributed by atoms with Crippen LogP contribution in [0.3, 0.4) is 0 Å². The molecule has 1 atom stereocenters. The predicted octanol–water partition coefficient (Wildman–Crippen LogP) is 4.38. The number of hydrogen-bond acceptors (Lipinski definition) is 5. The number of likely N-dealkylation sites (tertiary alicyclic amines) is 1. The van der Waals surface area contributed by atoms with Crippen molar-refractivity contribution in [3.63, 3.8) is 0 Å². The monoisotopic (exact) mass is 449 g/mol. The number of Topliss-reactive ketones (excluding diaryl/α,β-unsaturated/α-hetero) is 1. The van der Waals surface area contributed by atoms with Crippen molar-refractivity contribution in [2.75, 3.05) is 27.4 Å². The number of nitrogens with zero attached hydrogens (tertiary/aromatic N) is 1. The molecule has 1 N–H and O–H groups in total. The Labute approximate surface area is 184 Å². The predicted molar refractivity (Wildman–Crippen MR) is 115 cm³/mol. The van der Waals surface area contributed by atoms with Crippen LogP contribution in [0.2, 0.25) is 10.0 Å². The van der Waals surface area contributed by atoms with Gasteiger partial charge in [0.25, 0.3) is 11.7 Å². The number of benzene rings is 2. The number of ether oxygens (including phenoxy) is 2. The summed E-state index contributed by atoms with van der Waals surface area (Å²) in [6.07, 6.45) is 0. The van der Waals surface area contributed by atoms with Gasteiger partial charge in [0, 0.05) is 19.2 Å². The molecule has 1 amide bonds. The third-order valence-corrected chi connectivity index (χ3v) is 5.76. The first-order valence-electron chi connectivity index (χ1n) is 9.17. The smallest absolute Gasteiger partial charge is 0.295 e.